The molecule has 0 atom stereocenters. The van der Waals surface area contributed by atoms with Crippen LogP contribution in [0.25, 0.3) is 5.57 Å². The van der Waals surface area contributed by atoms with Crippen molar-refractivity contribution in [1.82, 2.24) is 0 Å². The van der Waals surface area contributed by atoms with E-state index >= 15 is 0 Å². The number of hydrogen-bond acceptors (Lipinski definition) is 5. The smallest absolute Gasteiger partial charge is 0.0891 e. The van der Waals surface area contributed by atoms with Gasteiger partial charge in [0, 0.05) is 11.4 Å². The van der Waals surface area contributed by atoms with Gasteiger partial charge in [-0.05, 0) is 53.7 Å². The third-order valence-electron chi connectivity index (χ3n) is 5.31. The van der Waals surface area contributed by atoms with Gasteiger partial charge in [0.25, 0.3) is 0 Å². The molecule has 1 aromatic carbocycles. The predicted octanol–water partition coefficient (Wildman–Crippen LogP) is 5.25. The lowest BCUT2D eigenvalue weighted by atomic mass is 9.97. The summed E-state index contributed by atoms with van der Waals surface area (Å²) in [6.45, 7) is 6.65. The number of rotatable bonds is 11. The van der Waals surface area contributed by atoms with E-state index in [0.717, 1.165) is 28.1 Å². The maximum Gasteiger partial charge on any atom is 0.0891 e. The molecule has 0 aliphatic carbocycles. The Morgan fingerprint density at radius 2 is 1.76 bits per heavy atom. The first kappa shape index (κ1) is 23.4. The van der Waals surface area contributed by atoms with E-state index in [9.17, 15) is 15.3 Å². The van der Waals surface area contributed by atoms with E-state index in [1.54, 1.807) is 11.3 Å². The molecule has 0 saturated carbocycles. The van der Waals surface area contributed by atoms with Crippen molar-refractivity contribution in [2.45, 2.75) is 65.4 Å². The van der Waals surface area contributed by atoms with E-state index in [2.05, 4.69) is 30.4 Å². The molecule has 2 rings (SSSR count). The predicted molar refractivity (Wildman–Crippen MR) is 123 cm³/mol. The molecule has 4 N–H and O–H groups in total. The van der Waals surface area contributed by atoms with Crippen molar-refractivity contribution in [2.24, 2.45) is 0 Å². The van der Waals surface area contributed by atoms with Crippen molar-refractivity contribution < 1.29 is 15.3 Å². The highest BCUT2D eigenvalue weighted by Gasteiger charge is 2.16. The van der Waals surface area contributed by atoms with Crippen molar-refractivity contribution in [3.63, 3.8) is 0 Å². The van der Waals surface area contributed by atoms with Crippen molar-refractivity contribution in [3.8, 4) is 0 Å². The summed E-state index contributed by atoms with van der Waals surface area (Å²) < 4.78 is 0. The Labute approximate surface area is 178 Å². The number of allylic oxidation sites excluding steroid dienone is 3. The molecule has 0 aliphatic rings. The zero-order valence-corrected chi connectivity index (χ0v) is 18.4. The number of nitrogens with one attached hydrogen (secondary N) is 1. The van der Waals surface area contributed by atoms with Gasteiger partial charge in [-0.1, -0.05) is 57.2 Å². The van der Waals surface area contributed by atoms with Crippen LogP contribution in [0.5, 0.6) is 0 Å². The Morgan fingerprint density at radius 3 is 2.38 bits per heavy atom. The van der Waals surface area contributed by atoms with Crippen molar-refractivity contribution in [3.05, 3.63) is 70.1 Å². The average Bonchev–Trinajstić information content (AvgIpc) is 3.23. The standard InChI is InChI=1S/C24H33NO3S/c1-4-19(8-7-13-24(28,5-2)6-3)22-11-12-23(29-22)25-15-18-9-10-20(16-26)21(14-18)17-27/h7-14,25-28H,4-6,15-17H2,1-3H3/b13-7+,19-8+. The van der Waals surface area contributed by atoms with Gasteiger partial charge in [-0.25, -0.2) is 0 Å². The number of anilines is 1. The molecule has 2 aromatic rings. The van der Waals surface area contributed by atoms with Crippen LogP contribution in [0, 0.1) is 0 Å². The summed E-state index contributed by atoms with van der Waals surface area (Å²) in [4.78, 5) is 1.21. The van der Waals surface area contributed by atoms with E-state index in [1.165, 1.54) is 10.5 Å². The van der Waals surface area contributed by atoms with Gasteiger partial charge in [0.2, 0.25) is 0 Å². The number of benzene rings is 1. The van der Waals surface area contributed by atoms with E-state index in [1.807, 2.05) is 44.2 Å². The molecule has 0 saturated heterocycles. The Morgan fingerprint density at radius 1 is 1.03 bits per heavy atom. The molecule has 5 heteroatoms. The van der Waals surface area contributed by atoms with Gasteiger partial charge in [0.15, 0.2) is 0 Å². The molecule has 158 valence electrons. The number of aliphatic hydroxyl groups is 3. The third-order valence-corrected chi connectivity index (χ3v) is 6.43. The summed E-state index contributed by atoms with van der Waals surface area (Å²) in [5.74, 6) is 0. The van der Waals surface area contributed by atoms with Gasteiger partial charge in [-0.3, -0.25) is 0 Å². The molecular weight excluding hydrogens is 382 g/mol. The van der Waals surface area contributed by atoms with Crippen LogP contribution < -0.4 is 5.32 Å². The van der Waals surface area contributed by atoms with Gasteiger partial charge in [0.05, 0.1) is 23.8 Å². The van der Waals surface area contributed by atoms with E-state index in [-0.39, 0.29) is 13.2 Å². The Hall–Kier alpha value is -1.92. The SMILES string of the molecule is CC/C(=C\C=C\C(O)(CC)CC)c1ccc(NCc2ccc(CO)c(CO)c2)s1. The van der Waals surface area contributed by atoms with Gasteiger partial charge in [-0.2, -0.15) is 0 Å². The van der Waals surface area contributed by atoms with E-state index in [0.29, 0.717) is 19.4 Å². The lowest BCUT2D eigenvalue weighted by Crippen LogP contribution is -2.22. The third kappa shape index (κ3) is 6.54. The summed E-state index contributed by atoms with van der Waals surface area (Å²) in [5, 5.41) is 33.7. The van der Waals surface area contributed by atoms with Gasteiger partial charge >= 0.3 is 0 Å². The maximum absolute atomic E-state index is 10.4. The average molecular weight is 416 g/mol. The fraction of sp³-hybridized carbons (Fsp3) is 0.417. The van der Waals surface area contributed by atoms with Crippen molar-refractivity contribution in [2.75, 3.05) is 5.32 Å². The van der Waals surface area contributed by atoms with E-state index < -0.39 is 5.60 Å². The van der Waals surface area contributed by atoms with E-state index in [4.69, 9.17) is 0 Å². The molecule has 4 nitrogen and oxygen atoms in total. The fourth-order valence-electron chi connectivity index (χ4n) is 3.09. The second kappa shape index (κ2) is 11.3. The van der Waals surface area contributed by atoms with Gasteiger partial charge in [0.1, 0.15) is 0 Å². The number of hydrogen-bond donors (Lipinski definition) is 4. The van der Waals surface area contributed by atoms with Crippen LogP contribution >= 0.6 is 11.3 Å². The van der Waals surface area contributed by atoms with Crippen LogP contribution in [0.2, 0.25) is 0 Å². The normalized spacial score (nSPS) is 12.7. The topological polar surface area (TPSA) is 72.7 Å². The molecule has 0 radical (unpaired) electrons. The summed E-state index contributed by atoms with van der Waals surface area (Å²) in [5.41, 5.74) is 3.10. The minimum absolute atomic E-state index is 0.0631. The second-order valence-electron chi connectivity index (χ2n) is 7.15. The molecular formula is C24H33NO3S. The first-order valence-corrected chi connectivity index (χ1v) is 11.1. The summed E-state index contributed by atoms with van der Waals surface area (Å²) in [7, 11) is 0. The Balaban J connectivity index is 2.05. The number of thiophene rings is 1. The first-order valence-electron chi connectivity index (χ1n) is 10.3. The molecule has 0 bridgehead atoms. The van der Waals surface area contributed by atoms with Crippen molar-refractivity contribution >= 4 is 21.9 Å². The fourth-order valence-corrected chi connectivity index (χ4v) is 4.09. The molecule has 0 amide bonds. The minimum Gasteiger partial charge on any atom is -0.392 e. The van der Waals surface area contributed by atoms with Gasteiger partial charge in [-0.15, -0.1) is 11.3 Å². The van der Waals surface area contributed by atoms with Crippen LogP contribution in [-0.4, -0.2) is 20.9 Å². The quantitative estimate of drug-likeness (QED) is 0.379. The molecule has 1 aromatic heterocycles. The highest BCUT2D eigenvalue weighted by atomic mass is 32.1. The van der Waals surface area contributed by atoms with Crippen molar-refractivity contribution in [1.29, 1.82) is 0 Å². The summed E-state index contributed by atoms with van der Waals surface area (Å²) >= 11 is 1.71. The highest BCUT2D eigenvalue weighted by Crippen LogP contribution is 2.30. The zero-order valence-electron chi connectivity index (χ0n) is 17.6. The van der Waals surface area contributed by atoms with Gasteiger partial charge < -0.3 is 20.6 Å². The Kier molecular flexibility index (Phi) is 9.11. The molecule has 0 spiro atoms. The van der Waals surface area contributed by atoms with Crippen LogP contribution in [-0.2, 0) is 19.8 Å². The lowest BCUT2D eigenvalue weighted by Gasteiger charge is -2.19. The first-order chi connectivity index (χ1) is 14.0. The monoisotopic (exact) mass is 415 g/mol. The largest absolute Gasteiger partial charge is 0.392 e. The van der Waals surface area contributed by atoms with Crippen LogP contribution in [0.4, 0.5) is 5.00 Å². The zero-order chi connectivity index (χ0) is 21.3. The number of aliphatic hydroxyl groups excluding tert-OH is 2. The molecule has 29 heavy (non-hydrogen) atoms. The molecule has 1 heterocycles. The lowest BCUT2D eigenvalue weighted by molar-refractivity contribution is 0.0828. The maximum atomic E-state index is 10.4. The van der Waals surface area contributed by atoms with Crippen LogP contribution in [0.15, 0.2) is 48.6 Å². The summed E-state index contributed by atoms with van der Waals surface area (Å²) in [6.07, 6.45) is 8.29. The highest BCUT2D eigenvalue weighted by molar-refractivity contribution is 7.17. The molecule has 0 fully saturated rings. The molecule has 0 aliphatic heterocycles. The minimum atomic E-state index is -0.726. The molecule has 0 unspecified atom stereocenters. The van der Waals surface area contributed by atoms with Crippen LogP contribution in [0.1, 0.15) is 61.6 Å². The second-order valence-corrected chi connectivity index (χ2v) is 8.24. The summed E-state index contributed by atoms with van der Waals surface area (Å²) in [6, 6.07) is 9.96. The van der Waals surface area contributed by atoms with Crippen LogP contribution in [0.3, 0.4) is 0 Å². The Bertz CT molecular complexity index is 834.